The van der Waals surface area contributed by atoms with Gasteiger partial charge in [-0.05, 0) is 57.3 Å². The molecule has 7 nitrogen and oxygen atoms in total. The minimum Gasteiger partial charge on any atom is -0.369 e. The van der Waals surface area contributed by atoms with Crippen LogP contribution in [0.5, 0.6) is 0 Å². The molecule has 184 valence electrons. The van der Waals surface area contributed by atoms with Crippen LogP contribution in [0.2, 0.25) is 0 Å². The first-order chi connectivity index (χ1) is 15.2. The molecule has 7 heteroatoms. The van der Waals surface area contributed by atoms with E-state index in [1.807, 2.05) is 0 Å². The summed E-state index contributed by atoms with van der Waals surface area (Å²) in [5.41, 5.74) is -0.736. The van der Waals surface area contributed by atoms with E-state index >= 15 is 0 Å². The molecular formula is C25H42O7. The van der Waals surface area contributed by atoms with Crippen LogP contribution in [0.3, 0.4) is 0 Å². The monoisotopic (exact) mass is 454 g/mol. The third kappa shape index (κ3) is 3.76. The molecule has 5 saturated heterocycles. The molecule has 5 fully saturated rings. The normalized spacial score (nSPS) is 53.4. The van der Waals surface area contributed by atoms with Crippen LogP contribution in [0.4, 0.5) is 0 Å². The van der Waals surface area contributed by atoms with Crippen molar-refractivity contribution >= 4 is 0 Å². The van der Waals surface area contributed by atoms with Gasteiger partial charge in [-0.25, -0.2) is 0 Å². The second-order valence-electron chi connectivity index (χ2n) is 11.3. The Morgan fingerprint density at radius 1 is 0.906 bits per heavy atom. The SMILES string of the molecule is CC[C@@]1([C@@H]2O[C@@H]([C@H]3OC4(OCCO4)[C@H](C)C[C@@H]3C)C[C@@H]2C)CC[C@H]([C@]2(C)CCC(O)O2)O1. The molecule has 0 aromatic rings. The molecule has 1 N–H and O–H groups in total. The van der Waals surface area contributed by atoms with Crippen molar-refractivity contribution in [2.45, 2.75) is 127 Å². The highest BCUT2D eigenvalue weighted by Gasteiger charge is 2.59. The molecule has 1 spiro atoms. The van der Waals surface area contributed by atoms with Gasteiger partial charge in [0.15, 0.2) is 6.29 Å². The van der Waals surface area contributed by atoms with Crippen molar-refractivity contribution < 1.29 is 33.5 Å². The number of aliphatic hydroxyl groups is 1. The zero-order valence-electron chi connectivity index (χ0n) is 20.4. The van der Waals surface area contributed by atoms with Gasteiger partial charge in [-0.2, -0.15) is 0 Å². The Labute approximate surface area is 192 Å². The van der Waals surface area contributed by atoms with E-state index in [0.29, 0.717) is 31.5 Å². The molecule has 5 rings (SSSR count). The van der Waals surface area contributed by atoms with E-state index in [-0.39, 0.29) is 35.9 Å². The van der Waals surface area contributed by atoms with Crippen LogP contribution >= 0.6 is 0 Å². The van der Waals surface area contributed by atoms with Crippen molar-refractivity contribution in [3.05, 3.63) is 0 Å². The standard InChI is InChI=1S/C25H42O7/c1-6-24(10-7-19(30-24)23(5)9-8-20(26)31-23)22-16(3)14-18(29-22)21-15(2)13-17(4)25(32-21)27-11-12-28-25/h15-22,26H,6-14H2,1-5H3/t15-,16-,17+,18+,19+,20?,21-,22+,23-,24-/m0/s1. The summed E-state index contributed by atoms with van der Waals surface area (Å²) >= 11 is 0. The predicted molar refractivity (Wildman–Crippen MR) is 117 cm³/mol. The van der Waals surface area contributed by atoms with Crippen LogP contribution < -0.4 is 0 Å². The minimum atomic E-state index is -0.908. The molecule has 0 bridgehead atoms. The summed E-state index contributed by atoms with van der Waals surface area (Å²) in [6.07, 6.45) is 5.55. The number of hydrogen-bond donors (Lipinski definition) is 1. The van der Waals surface area contributed by atoms with Crippen molar-refractivity contribution in [3.8, 4) is 0 Å². The summed E-state index contributed by atoms with van der Waals surface area (Å²) in [5, 5.41) is 9.94. The van der Waals surface area contributed by atoms with Crippen molar-refractivity contribution in [2.24, 2.45) is 17.8 Å². The molecule has 0 radical (unpaired) electrons. The first-order valence-electron chi connectivity index (χ1n) is 12.9. The van der Waals surface area contributed by atoms with E-state index in [1.165, 1.54) is 0 Å². The fraction of sp³-hybridized carbons (Fsp3) is 1.00. The molecule has 10 atom stereocenters. The van der Waals surface area contributed by atoms with E-state index in [9.17, 15) is 5.11 Å². The molecule has 5 aliphatic rings. The Kier molecular flexibility index (Phi) is 6.18. The summed E-state index contributed by atoms with van der Waals surface area (Å²) < 4.78 is 38.0. The Morgan fingerprint density at radius 2 is 1.66 bits per heavy atom. The zero-order valence-corrected chi connectivity index (χ0v) is 20.4. The zero-order chi connectivity index (χ0) is 22.7. The van der Waals surface area contributed by atoms with Crippen LogP contribution in [0.15, 0.2) is 0 Å². The number of hydrogen-bond acceptors (Lipinski definition) is 7. The van der Waals surface area contributed by atoms with Gasteiger partial charge in [0, 0.05) is 12.3 Å². The third-order valence-corrected chi connectivity index (χ3v) is 8.99. The molecule has 0 saturated carbocycles. The lowest BCUT2D eigenvalue weighted by atomic mass is 9.81. The van der Waals surface area contributed by atoms with E-state index in [4.69, 9.17) is 28.4 Å². The topological polar surface area (TPSA) is 75.6 Å². The maximum Gasteiger partial charge on any atom is 0.286 e. The minimum absolute atomic E-state index is 0.00777. The second-order valence-corrected chi connectivity index (χ2v) is 11.3. The lowest BCUT2D eigenvalue weighted by Crippen LogP contribution is -2.54. The number of rotatable bonds is 4. The van der Waals surface area contributed by atoms with Gasteiger partial charge in [-0.1, -0.05) is 27.7 Å². The quantitative estimate of drug-likeness (QED) is 0.693. The van der Waals surface area contributed by atoms with Crippen LogP contribution in [0.1, 0.15) is 79.6 Å². The Bertz CT molecular complexity index is 681. The van der Waals surface area contributed by atoms with Gasteiger partial charge in [0.05, 0.1) is 48.8 Å². The Hall–Kier alpha value is -0.280. The summed E-state index contributed by atoms with van der Waals surface area (Å²) in [4.78, 5) is 0. The molecule has 5 aliphatic heterocycles. The Morgan fingerprint density at radius 3 is 2.31 bits per heavy atom. The van der Waals surface area contributed by atoms with Gasteiger partial charge in [-0.3, -0.25) is 0 Å². The Balaban J connectivity index is 1.30. The van der Waals surface area contributed by atoms with Crippen LogP contribution in [0.25, 0.3) is 0 Å². The van der Waals surface area contributed by atoms with Crippen molar-refractivity contribution in [2.75, 3.05) is 13.2 Å². The molecule has 0 aromatic heterocycles. The highest BCUT2D eigenvalue weighted by atomic mass is 16.9. The molecule has 5 heterocycles. The van der Waals surface area contributed by atoms with Crippen LogP contribution in [-0.2, 0) is 28.4 Å². The summed E-state index contributed by atoms with van der Waals surface area (Å²) in [6.45, 7) is 12.1. The lowest BCUT2D eigenvalue weighted by molar-refractivity contribution is -0.403. The van der Waals surface area contributed by atoms with Gasteiger partial charge in [-0.15, -0.1) is 0 Å². The van der Waals surface area contributed by atoms with Gasteiger partial charge in [0.1, 0.15) is 0 Å². The van der Waals surface area contributed by atoms with Gasteiger partial charge >= 0.3 is 0 Å². The van der Waals surface area contributed by atoms with Gasteiger partial charge in [0.2, 0.25) is 0 Å². The highest BCUT2D eigenvalue weighted by Crippen LogP contribution is 2.51. The van der Waals surface area contributed by atoms with E-state index in [1.54, 1.807) is 0 Å². The molecule has 0 aromatic carbocycles. The average molecular weight is 455 g/mol. The maximum atomic E-state index is 9.94. The number of aliphatic hydroxyl groups excluding tert-OH is 1. The van der Waals surface area contributed by atoms with Crippen LogP contribution in [-0.4, -0.2) is 66.2 Å². The molecule has 0 amide bonds. The van der Waals surface area contributed by atoms with E-state index in [2.05, 4.69) is 34.6 Å². The fourth-order valence-electron chi connectivity index (χ4n) is 7.14. The largest absolute Gasteiger partial charge is 0.369 e. The van der Waals surface area contributed by atoms with Crippen LogP contribution in [0, 0.1) is 17.8 Å². The third-order valence-electron chi connectivity index (χ3n) is 8.99. The number of ether oxygens (including phenoxy) is 6. The van der Waals surface area contributed by atoms with Crippen molar-refractivity contribution in [3.63, 3.8) is 0 Å². The average Bonchev–Trinajstić information content (AvgIpc) is 3.53. The van der Waals surface area contributed by atoms with Gasteiger partial charge in [0.25, 0.3) is 5.97 Å². The predicted octanol–water partition coefficient (Wildman–Crippen LogP) is 3.76. The maximum absolute atomic E-state index is 9.94. The molecular weight excluding hydrogens is 412 g/mol. The van der Waals surface area contributed by atoms with Crippen molar-refractivity contribution in [1.82, 2.24) is 0 Å². The molecule has 32 heavy (non-hydrogen) atoms. The van der Waals surface area contributed by atoms with Crippen molar-refractivity contribution in [1.29, 1.82) is 0 Å². The second kappa shape index (κ2) is 8.43. The first-order valence-corrected chi connectivity index (χ1v) is 12.9. The molecule has 1 unspecified atom stereocenters. The molecule has 0 aliphatic carbocycles. The summed E-state index contributed by atoms with van der Waals surface area (Å²) in [5.74, 6) is 0.0444. The van der Waals surface area contributed by atoms with E-state index in [0.717, 1.165) is 38.5 Å². The summed E-state index contributed by atoms with van der Waals surface area (Å²) in [6, 6.07) is 0. The van der Waals surface area contributed by atoms with E-state index < -0.39 is 17.9 Å². The highest BCUT2D eigenvalue weighted by molar-refractivity contribution is 5.05. The smallest absolute Gasteiger partial charge is 0.286 e. The lowest BCUT2D eigenvalue weighted by Gasteiger charge is -2.46. The van der Waals surface area contributed by atoms with Gasteiger partial charge < -0.3 is 33.5 Å². The first kappa shape index (κ1) is 23.5. The fourth-order valence-corrected chi connectivity index (χ4v) is 7.14. The summed E-state index contributed by atoms with van der Waals surface area (Å²) in [7, 11) is 0.